The third-order valence-corrected chi connectivity index (χ3v) is 5.30. The average Bonchev–Trinajstić information content (AvgIpc) is 2.86. The zero-order valence-electron chi connectivity index (χ0n) is 12.0. The van der Waals surface area contributed by atoms with Gasteiger partial charge in [0.25, 0.3) is 0 Å². The number of carbonyl (C=O) groups excluding carboxylic acids is 2. The molecule has 0 radical (unpaired) electrons. The van der Waals surface area contributed by atoms with Crippen LogP contribution < -0.4 is 5.32 Å². The smallest absolute Gasteiger partial charge is 0.313 e. The maximum absolute atomic E-state index is 13.5. The van der Waals surface area contributed by atoms with Gasteiger partial charge < -0.3 is 10.2 Å². The Bertz CT molecular complexity index is 767. The molecule has 1 saturated heterocycles. The van der Waals surface area contributed by atoms with Crippen LogP contribution in [0, 0.1) is 17.5 Å². The molecule has 1 unspecified atom stereocenters. The first-order valence-electron chi connectivity index (χ1n) is 6.54. The number of sulfone groups is 1. The summed E-state index contributed by atoms with van der Waals surface area (Å²) in [6.07, 6.45) is 0.192. The molecule has 1 heterocycles. The topological polar surface area (TPSA) is 83.6 Å². The summed E-state index contributed by atoms with van der Waals surface area (Å²) in [5, 5.41) is 1.84. The van der Waals surface area contributed by atoms with Gasteiger partial charge in [0.2, 0.25) is 0 Å². The van der Waals surface area contributed by atoms with Crippen LogP contribution in [0.4, 0.5) is 18.9 Å². The fraction of sp³-hybridized carbons (Fsp3) is 0.385. The first-order valence-corrected chi connectivity index (χ1v) is 8.36. The molecule has 1 fully saturated rings. The van der Waals surface area contributed by atoms with Crippen molar-refractivity contribution < 1.29 is 31.2 Å². The number of amides is 2. The van der Waals surface area contributed by atoms with Crippen molar-refractivity contribution in [1.82, 2.24) is 4.90 Å². The molecule has 2 rings (SSSR count). The highest BCUT2D eigenvalue weighted by Crippen LogP contribution is 2.20. The molecule has 0 spiro atoms. The average molecular weight is 350 g/mol. The molecule has 0 aliphatic carbocycles. The van der Waals surface area contributed by atoms with Crippen molar-refractivity contribution in [3.63, 3.8) is 0 Å². The second-order valence-corrected chi connectivity index (χ2v) is 7.38. The van der Waals surface area contributed by atoms with Crippen molar-refractivity contribution in [2.45, 2.75) is 12.5 Å². The standard InChI is InChI=1S/C13H13F3N2O4S/c1-18(7-4-5-23(21,22)6-7)13(20)12(19)17-9-3-2-8(14)10(15)11(9)16/h2-3,7H,4-6H2,1H3,(H,17,19). The number of hydrogen-bond donors (Lipinski definition) is 1. The number of anilines is 1. The molecule has 126 valence electrons. The van der Waals surface area contributed by atoms with Gasteiger partial charge in [-0.25, -0.2) is 21.6 Å². The van der Waals surface area contributed by atoms with Crippen molar-refractivity contribution in [3.8, 4) is 0 Å². The lowest BCUT2D eigenvalue weighted by molar-refractivity contribution is -0.143. The fourth-order valence-electron chi connectivity index (χ4n) is 2.21. The van der Waals surface area contributed by atoms with Gasteiger partial charge in [-0.1, -0.05) is 0 Å². The number of benzene rings is 1. The van der Waals surface area contributed by atoms with Crippen molar-refractivity contribution in [3.05, 3.63) is 29.6 Å². The summed E-state index contributed by atoms with van der Waals surface area (Å²) in [5.74, 6) is -7.56. The maximum Gasteiger partial charge on any atom is 0.313 e. The zero-order chi connectivity index (χ0) is 17.4. The van der Waals surface area contributed by atoms with E-state index in [-0.39, 0.29) is 17.9 Å². The summed E-state index contributed by atoms with van der Waals surface area (Å²) in [6, 6.07) is 0.720. The number of hydrogen-bond acceptors (Lipinski definition) is 4. The van der Waals surface area contributed by atoms with E-state index in [1.54, 1.807) is 0 Å². The number of rotatable bonds is 2. The maximum atomic E-state index is 13.5. The number of nitrogens with zero attached hydrogens (tertiary/aromatic N) is 1. The predicted octanol–water partition coefficient (Wildman–Crippen LogP) is 0.688. The Balaban J connectivity index is 2.09. The highest BCUT2D eigenvalue weighted by molar-refractivity contribution is 7.91. The Morgan fingerprint density at radius 3 is 2.43 bits per heavy atom. The first-order chi connectivity index (χ1) is 10.6. The number of halogens is 3. The van der Waals surface area contributed by atoms with Crippen LogP contribution in [0.2, 0.25) is 0 Å². The van der Waals surface area contributed by atoms with Gasteiger partial charge in [0, 0.05) is 13.1 Å². The molecule has 1 aliphatic rings. The van der Waals surface area contributed by atoms with E-state index in [9.17, 15) is 31.2 Å². The number of likely N-dealkylation sites (N-methyl/N-ethyl adjacent to an activating group) is 1. The van der Waals surface area contributed by atoms with Crippen molar-refractivity contribution in [1.29, 1.82) is 0 Å². The highest BCUT2D eigenvalue weighted by Gasteiger charge is 2.35. The van der Waals surface area contributed by atoms with Crippen LogP contribution in [0.25, 0.3) is 0 Å². The summed E-state index contributed by atoms with van der Waals surface area (Å²) in [5.41, 5.74) is -0.685. The molecule has 0 bridgehead atoms. The third-order valence-electron chi connectivity index (χ3n) is 3.55. The second kappa shape index (κ2) is 6.19. The van der Waals surface area contributed by atoms with E-state index in [1.165, 1.54) is 7.05 Å². The molecule has 1 N–H and O–H groups in total. The van der Waals surface area contributed by atoms with Crippen molar-refractivity contribution >= 4 is 27.3 Å². The molecule has 0 saturated carbocycles. The fourth-order valence-corrected chi connectivity index (χ4v) is 3.98. The predicted molar refractivity (Wildman–Crippen MR) is 74.8 cm³/mol. The third kappa shape index (κ3) is 3.63. The van der Waals surface area contributed by atoms with Crippen molar-refractivity contribution in [2.75, 3.05) is 23.9 Å². The first kappa shape index (κ1) is 17.3. The Kier molecular flexibility index (Phi) is 4.64. The summed E-state index contributed by atoms with van der Waals surface area (Å²) in [4.78, 5) is 24.7. The molecule has 1 aromatic rings. The van der Waals surface area contributed by atoms with Crippen LogP contribution in [0.1, 0.15) is 6.42 Å². The Labute approximate surface area is 130 Å². The Hall–Kier alpha value is -2.10. The minimum absolute atomic E-state index is 0.0886. The van der Waals surface area contributed by atoms with Gasteiger partial charge in [0.15, 0.2) is 27.3 Å². The largest absolute Gasteiger partial charge is 0.333 e. The van der Waals surface area contributed by atoms with Gasteiger partial charge >= 0.3 is 11.8 Å². The molecule has 6 nitrogen and oxygen atoms in total. The van der Waals surface area contributed by atoms with Crippen LogP contribution >= 0.6 is 0 Å². The molecule has 2 amide bonds. The van der Waals surface area contributed by atoms with E-state index in [0.29, 0.717) is 6.07 Å². The molecule has 1 aromatic carbocycles. The van der Waals surface area contributed by atoms with Crippen LogP contribution in [-0.2, 0) is 19.4 Å². The van der Waals surface area contributed by atoms with E-state index in [2.05, 4.69) is 0 Å². The molecular weight excluding hydrogens is 337 g/mol. The molecule has 10 heteroatoms. The van der Waals surface area contributed by atoms with Crippen LogP contribution in [0.15, 0.2) is 12.1 Å². The lowest BCUT2D eigenvalue weighted by Crippen LogP contribution is -2.44. The van der Waals surface area contributed by atoms with Gasteiger partial charge in [-0.3, -0.25) is 9.59 Å². The number of carbonyl (C=O) groups is 2. The minimum Gasteiger partial charge on any atom is -0.333 e. The van der Waals surface area contributed by atoms with Gasteiger partial charge in [-0.15, -0.1) is 0 Å². The lowest BCUT2D eigenvalue weighted by atomic mass is 10.2. The zero-order valence-corrected chi connectivity index (χ0v) is 12.8. The van der Waals surface area contributed by atoms with Crippen LogP contribution in [0.5, 0.6) is 0 Å². The SMILES string of the molecule is CN(C(=O)C(=O)Nc1ccc(F)c(F)c1F)C1CCS(=O)(=O)C1. The van der Waals surface area contributed by atoms with Gasteiger partial charge in [0.1, 0.15) is 0 Å². The number of nitrogens with one attached hydrogen (secondary N) is 1. The minimum atomic E-state index is -3.25. The quantitative estimate of drug-likeness (QED) is 0.628. The summed E-state index contributed by atoms with van der Waals surface area (Å²) >= 11 is 0. The van der Waals surface area contributed by atoms with Crippen LogP contribution in [0.3, 0.4) is 0 Å². The van der Waals surface area contributed by atoms with Gasteiger partial charge in [0.05, 0.1) is 17.2 Å². The summed E-state index contributed by atoms with van der Waals surface area (Å²) < 4.78 is 62.1. The van der Waals surface area contributed by atoms with Gasteiger partial charge in [-0.05, 0) is 18.6 Å². The normalized spacial score (nSPS) is 19.4. The second-order valence-electron chi connectivity index (χ2n) is 5.15. The van der Waals surface area contributed by atoms with Crippen LogP contribution in [-0.4, -0.2) is 49.7 Å². The van der Waals surface area contributed by atoms with Gasteiger partial charge in [-0.2, -0.15) is 0 Å². The monoisotopic (exact) mass is 350 g/mol. The molecule has 1 aliphatic heterocycles. The summed E-state index contributed by atoms with van der Waals surface area (Å²) in [6.45, 7) is 0. The molecule has 1 atom stereocenters. The van der Waals surface area contributed by atoms with E-state index in [1.807, 2.05) is 5.32 Å². The van der Waals surface area contributed by atoms with E-state index >= 15 is 0 Å². The summed E-state index contributed by atoms with van der Waals surface area (Å²) in [7, 11) is -2.01. The molecular formula is C13H13F3N2O4S. The van der Waals surface area contributed by atoms with E-state index < -0.39 is 50.8 Å². The highest BCUT2D eigenvalue weighted by atomic mass is 32.2. The van der Waals surface area contributed by atoms with E-state index in [0.717, 1.165) is 11.0 Å². The Morgan fingerprint density at radius 2 is 1.87 bits per heavy atom. The van der Waals surface area contributed by atoms with E-state index in [4.69, 9.17) is 0 Å². The molecule has 0 aromatic heterocycles. The lowest BCUT2D eigenvalue weighted by Gasteiger charge is -2.22. The Morgan fingerprint density at radius 1 is 1.22 bits per heavy atom. The molecule has 23 heavy (non-hydrogen) atoms. The van der Waals surface area contributed by atoms with Crippen molar-refractivity contribution in [2.24, 2.45) is 0 Å².